The molecule has 1 amide bonds. The third-order valence-corrected chi connectivity index (χ3v) is 3.51. The summed E-state index contributed by atoms with van der Waals surface area (Å²) in [6.07, 6.45) is -3.57. The van der Waals surface area contributed by atoms with Gasteiger partial charge in [0.1, 0.15) is 6.10 Å². The molecule has 26 heavy (non-hydrogen) atoms. The molecule has 11 nitrogen and oxygen atoms in total. The number of amides is 1. The average Bonchev–Trinajstić information content (AvgIpc) is 2.51. The van der Waals surface area contributed by atoms with Gasteiger partial charge in [-0.15, -0.1) is 0 Å². The zero-order valence-corrected chi connectivity index (χ0v) is 14.6. The van der Waals surface area contributed by atoms with E-state index in [4.69, 9.17) is 20.1 Å². The predicted octanol–water partition coefficient (Wildman–Crippen LogP) is -1.90. The molecule has 0 heterocycles. The molecule has 0 aromatic heterocycles. The largest absolute Gasteiger partial charge is 0.481 e. The van der Waals surface area contributed by atoms with Gasteiger partial charge < -0.3 is 35.6 Å². The van der Waals surface area contributed by atoms with Gasteiger partial charge in [0.25, 0.3) is 0 Å². The summed E-state index contributed by atoms with van der Waals surface area (Å²) in [5.74, 6) is -5.44. The number of carboxylic acid groups (broad SMARTS) is 2. The number of aliphatic carboxylic acids is 2. The van der Waals surface area contributed by atoms with Crippen molar-refractivity contribution in [3.63, 3.8) is 0 Å². The molecule has 0 bridgehead atoms. The van der Waals surface area contributed by atoms with Crippen molar-refractivity contribution in [1.82, 2.24) is 5.32 Å². The van der Waals surface area contributed by atoms with Gasteiger partial charge in [0.2, 0.25) is 5.91 Å². The molecule has 0 fully saturated rings. The van der Waals surface area contributed by atoms with Gasteiger partial charge in [0, 0.05) is 18.6 Å². The summed E-state index contributed by atoms with van der Waals surface area (Å²) in [6, 6.07) is 0. The smallest absolute Gasteiger partial charge is 0.336 e. The van der Waals surface area contributed by atoms with E-state index in [1.54, 1.807) is 0 Å². The average molecular weight is 379 g/mol. The van der Waals surface area contributed by atoms with Gasteiger partial charge in [-0.3, -0.25) is 14.4 Å². The van der Waals surface area contributed by atoms with Crippen LogP contribution in [0.3, 0.4) is 0 Å². The summed E-state index contributed by atoms with van der Waals surface area (Å²) in [7, 11) is 0. The van der Waals surface area contributed by atoms with Gasteiger partial charge in [0.05, 0.1) is 19.4 Å². The molecule has 2 unspecified atom stereocenters. The van der Waals surface area contributed by atoms with Crippen molar-refractivity contribution in [1.29, 1.82) is 0 Å². The van der Waals surface area contributed by atoms with Gasteiger partial charge in [-0.25, -0.2) is 4.79 Å². The number of hydrogen-bond donors (Lipinski definition) is 6. The van der Waals surface area contributed by atoms with Gasteiger partial charge in [-0.2, -0.15) is 0 Å². The quantitative estimate of drug-likeness (QED) is 0.165. The van der Waals surface area contributed by atoms with Crippen molar-refractivity contribution in [3.05, 3.63) is 0 Å². The van der Waals surface area contributed by atoms with Crippen molar-refractivity contribution in [2.45, 2.75) is 44.8 Å². The van der Waals surface area contributed by atoms with Crippen molar-refractivity contribution < 1.29 is 49.4 Å². The maximum absolute atomic E-state index is 11.8. The van der Waals surface area contributed by atoms with Crippen LogP contribution >= 0.6 is 0 Å². The van der Waals surface area contributed by atoms with E-state index in [0.29, 0.717) is 6.42 Å². The van der Waals surface area contributed by atoms with E-state index in [1.165, 1.54) is 13.8 Å². The van der Waals surface area contributed by atoms with E-state index in [1.807, 2.05) is 0 Å². The Morgan fingerprint density at radius 3 is 2.15 bits per heavy atom. The molecule has 6 N–H and O–H groups in total. The molecule has 0 aliphatic heterocycles. The third kappa shape index (κ3) is 7.76. The second kappa shape index (κ2) is 10.0. The van der Waals surface area contributed by atoms with Crippen LogP contribution in [-0.2, 0) is 23.9 Å². The fraction of sp³-hybridized carbons (Fsp3) is 0.733. The lowest BCUT2D eigenvalue weighted by Crippen LogP contribution is -2.47. The van der Waals surface area contributed by atoms with E-state index in [-0.39, 0.29) is 13.2 Å². The first-order valence-electron chi connectivity index (χ1n) is 7.75. The lowest BCUT2D eigenvalue weighted by Gasteiger charge is -2.29. The topological polar surface area (TPSA) is 191 Å². The Morgan fingerprint density at radius 1 is 1.12 bits per heavy atom. The van der Waals surface area contributed by atoms with Gasteiger partial charge in [0.15, 0.2) is 5.60 Å². The highest BCUT2D eigenvalue weighted by atomic mass is 16.5. The van der Waals surface area contributed by atoms with Gasteiger partial charge in [-0.1, -0.05) is 13.8 Å². The van der Waals surface area contributed by atoms with Crippen LogP contribution in [0.2, 0.25) is 0 Å². The van der Waals surface area contributed by atoms with Crippen molar-refractivity contribution in [2.24, 2.45) is 5.41 Å². The highest BCUT2D eigenvalue weighted by Gasteiger charge is 2.42. The Morgan fingerprint density at radius 2 is 1.69 bits per heavy atom. The second-order valence-corrected chi connectivity index (χ2v) is 6.50. The lowest BCUT2D eigenvalue weighted by atomic mass is 9.87. The highest BCUT2D eigenvalue weighted by Crippen LogP contribution is 2.23. The molecule has 0 radical (unpaired) electrons. The van der Waals surface area contributed by atoms with E-state index < -0.39 is 60.4 Å². The summed E-state index contributed by atoms with van der Waals surface area (Å²) in [5, 5.41) is 48.3. The van der Waals surface area contributed by atoms with E-state index in [2.05, 4.69) is 5.32 Å². The van der Waals surface area contributed by atoms with Gasteiger partial charge >= 0.3 is 17.9 Å². The maximum Gasteiger partial charge on any atom is 0.336 e. The number of aliphatic hydroxyl groups excluding tert-OH is 2. The monoisotopic (exact) mass is 379 g/mol. The molecule has 0 rings (SSSR count). The highest BCUT2D eigenvalue weighted by molar-refractivity contribution is 5.88. The predicted molar refractivity (Wildman–Crippen MR) is 84.9 cm³/mol. The fourth-order valence-corrected chi connectivity index (χ4v) is 1.84. The third-order valence-electron chi connectivity index (χ3n) is 3.51. The molecular weight excluding hydrogens is 354 g/mol. The first-order valence-corrected chi connectivity index (χ1v) is 7.75. The molecule has 0 aliphatic carbocycles. The Labute approximate surface area is 149 Å². The van der Waals surface area contributed by atoms with Crippen LogP contribution in [0.25, 0.3) is 0 Å². The summed E-state index contributed by atoms with van der Waals surface area (Å²) in [5.41, 5.74) is -4.07. The molecule has 11 heteroatoms. The maximum atomic E-state index is 11.8. The van der Waals surface area contributed by atoms with Gasteiger partial charge in [-0.05, 0) is 6.42 Å². The molecule has 0 spiro atoms. The summed E-state index contributed by atoms with van der Waals surface area (Å²) in [4.78, 5) is 45.1. The Kier molecular flexibility index (Phi) is 9.18. The zero-order valence-electron chi connectivity index (χ0n) is 14.6. The number of esters is 1. The standard InChI is InChI=1S/C15H25NO10/c1-14(2,11(21)12(22)16-4-3-5-17)8-26-10(20)7-15(25,13(23)24)6-9(18)19/h11,17,21,25H,3-8H2,1-2H3,(H,16,22)(H,18,19)(H,23,24). The molecule has 0 saturated carbocycles. The molecular formula is C15H25NO10. The van der Waals surface area contributed by atoms with Crippen LogP contribution in [0.15, 0.2) is 0 Å². The minimum Gasteiger partial charge on any atom is -0.481 e. The van der Waals surface area contributed by atoms with Crippen LogP contribution in [0.1, 0.15) is 33.1 Å². The Bertz CT molecular complexity index is 533. The lowest BCUT2D eigenvalue weighted by molar-refractivity contribution is -0.173. The van der Waals surface area contributed by atoms with E-state index in [0.717, 1.165) is 0 Å². The van der Waals surface area contributed by atoms with Crippen molar-refractivity contribution >= 4 is 23.8 Å². The second-order valence-electron chi connectivity index (χ2n) is 6.50. The van der Waals surface area contributed by atoms with E-state index in [9.17, 15) is 29.4 Å². The fourth-order valence-electron chi connectivity index (χ4n) is 1.84. The number of rotatable bonds is 12. The number of hydrogen-bond acceptors (Lipinski definition) is 8. The minimum atomic E-state index is -2.83. The molecule has 0 saturated heterocycles. The first kappa shape index (κ1) is 23.8. The minimum absolute atomic E-state index is 0.139. The van der Waals surface area contributed by atoms with Crippen LogP contribution in [-0.4, -0.2) is 80.8 Å². The summed E-state index contributed by atoms with van der Waals surface area (Å²) in [6.45, 7) is 2.35. The SMILES string of the molecule is CC(C)(COC(=O)CC(O)(CC(=O)O)C(=O)O)C(O)C(=O)NCCCO. The Balaban J connectivity index is 4.73. The number of carbonyl (C=O) groups excluding carboxylic acids is 2. The van der Waals surface area contributed by atoms with Crippen LogP contribution < -0.4 is 5.32 Å². The molecule has 2 atom stereocenters. The van der Waals surface area contributed by atoms with Crippen LogP contribution in [0.5, 0.6) is 0 Å². The zero-order chi connectivity index (χ0) is 20.5. The van der Waals surface area contributed by atoms with Crippen LogP contribution in [0, 0.1) is 5.41 Å². The van der Waals surface area contributed by atoms with Crippen LogP contribution in [0.4, 0.5) is 0 Å². The molecule has 150 valence electrons. The normalized spacial score (nSPS) is 14.8. The number of carboxylic acids is 2. The number of aliphatic hydroxyl groups is 3. The first-order chi connectivity index (χ1) is 11.9. The number of carbonyl (C=O) groups is 4. The Hall–Kier alpha value is -2.24. The number of ether oxygens (including phenoxy) is 1. The summed E-state index contributed by atoms with van der Waals surface area (Å²) < 4.78 is 4.80. The number of nitrogens with one attached hydrogen (secondary N) is 1. The molecule has 0 aromatic carbocycles. The molecule has 0 aliphatic rings. The molecule has 0 aromatic rings. The van der Waals surface area contributed by atoms with Crippen molar-refractivity contribution in [2.75, 3.05) is 19.8 Å². The van der Waals surface area contributed by atoms with E-state index >= 15 is 0 Å². The summed E-state index contributed by atoms with van der Waals surface area (Å²) >= 11 is 0. The van der Waals surface area contributed by atoms with Crippen molar-refractivity contribution in [3.8, 4) is 0 Å².